The average Bonchev–Trinajstić information content (AvgIpc) is 3.10. The van der Waals surface area contributed by atoms with E-state index < -0.39 is 0 Å². The van der Waals surface area contributed by atoms with E-state index in [1.165, 1.54) is 10.6 Å². The first-order valence-electron chi connectivity index (χ1n) is 9.36. The molecule has 2 aromatic heterocycles. The molecule has 1 aliphatic heterocycles. The molecule has 9 heteroatoms. The van der Waals surface area contributed by atoms with Gasteiger partial charge in [0.2, 0.25) is 11.9 Å². The molecule has 0 radical (unpaired) electrons. The Morgan fingerprint density at radius 2 is 2.00 bits per heavy atom. The van der Waals surface area contributed by atoms with Crippen molar-refractivity contribution in [1.29, 1.82) is 0 Å². The van der Waals surface area contributed by atoms with Crippen LogP contribution in [0.4, 0.5) is 5.95 Å². The van der Waals surface area contributed by atoms with E-state index in [1.807, 2.05) is 27.1 Å². The summed E-state index contributed by atoms with van der Waals surface area (Å²) in [6, 6.07) is 3.34. The van der Waals surface area contributed by atoms with Gasteiger partial charge in [-0.1, -0.05) is 0 Å². The summed E-state index contributed by atoms with van der Waals surface area (Å²) in [5.41, 5.74) is 1.66. The summed E-state index contributed by atoms with van der Waals surface area (Å²) in [4.78, 5) is 51.2. The molecular formula is C19H26N6O3. The zero-order valence-corrected chi connectivity index (χ0v) is 16.7. The van der Waals surface area contributed by atoms with Crippen LogP contribution < -0.4 is 16.1 Å². The number of rotatable bonds is 5. The van der Waals surface area contributed by atoms with Crippen molar-refractivity contribution >= 4 is 11.9 Å². The number of hydrogen-bond acceptors (Lipinski definition) is 6. The van der Waals surface area contributed by atoms with Gasteiger partial charge in [0.15, 0.2) is 0 Å². The minimum atomic E-state index is -0.325. The zero-order chi connectivity index (χ0) is 20.4. The second-order valence-electron chi connectivity index (χ2n) is 7.44. The van der Waals surface area contributed by atoms with Crippen LogP contribution in [0, 0.1) is 13.8 Å². The third-order valence-electron chi connectivity index (χ3n) is 5.03. The van der Waals surface area contributed by atoms with E-state index in [2.05, 4.69) is 15.0 Å². The van der Waals surface area contributed by atoms with Crippen molar-refractivity contribution in [2.24, 2.45) is 0 Å². The highest BCUT2D eigenvalue weighted by molar-refractivity contribution is 5.76. The van der Waals surface area contributed by atoms with Crippen LogP contribution in [0.1, 0.15) is 35.8 Å². The van der Waals surface area contributed by atoms with Gasteiger partial charge in [-0.3, -0.25) is 19.1 Å². The lowest BCUT2D eigenvalue weighted by Crippen LogP contribution is -2.32. The van der Waals surface area contributed by atoms with Gasteiger partial charge in [0.05, 0.1) is 5.69 Å². The van der Waals surface area contributed by atoms with Gasteiger partial charge >= 0.3 is 5.69 Å². The van der Waals surface area contributed by atoms with Crippen LogP contribution in [0.5, 0.6) is 0 Å². The van der Waals surface area contributed by atoms with Gasteiger partial charge in [-0.2, -0.15) is 4.98 Å². The second kappa shape index (κ2) is 7.95. The molecule has 0 aliphatic carbocycles. The molecule has 1 amide bonds. The zero-order valence-electron chi connectivity index (χ0n) is 16.7. The summed E-state index contributed by atoms with van der Waals surface area (Å²) < 4.78 is 1.53. The van der Waals surface area contributed by atoms with Crippen LogP contribution in [0.25, 0.3) is 0 Å². The number of likely N-dealkylation sites (tertiary alicyclic amines) is 1. The Kier molecular flexibility index (Phi) is 5.62. The Hall–Kier alpha value is -2.97. The molecular weight excluding hydrogens is 360 g/mol. The van der Waals surface area contributed by atoms with Crippen LogP contribution in [0.15, 0.2) is 21.7 Å². The largest absolute Gasteiger partial charge is 0.348 e. The lowest BCUT2D eigenvalue weighted by atomic mass is 10.1. The molecule has 1 fully saturated rings. The fourth-order valence-electron chi connectivity index (χ4n) is 3.52. The maximum absolute atomic E-state index is 12.6. The van der Waals surface area contributed by atoms with Gasteiger partial charge < -0.3 is 9.80 Å². The number of H-pyrrole nitrogens is 1. The van der Waals surface area contributed by atoms with Gasteiger partial charge in [-0.15, -0.1) is 0 Å². The number of carbonyl (C=O) groups is 1. The van der Waals surface area contributed by atoms with Crippen molar-refractivity contribution in [2.75, 3.05) is 32.1 Å². The summed E-state index contributed by atoms with van der Waals surface area (Å²) in [7, 11) is 3.63. The van der Waals surface area contributed by atoms with E-state index in [0.29, 0.717) is 37.0 Å². The SMILES string of the molecule is Cc1cc(C)n(CCC(=O)N2CC[C@@H](c3cc(=O)[nH]c(N(C)C)n3)C2)c(=O)n1. The maximum atomic E-state index is 12.6. The highest BCUT2D eigenvalue weighted by atomic mass is 16.2. The Labute approximate surface area is 163 Å². The van der Waals surface area contributed by atoms with E-state index in [-0.39, 0.29) is 29.5 Å². The van der Waals surface area contributed by atoms with Crippen molar-refractivity contribution in [1.82, 2.24) is 24.4 Å². The third kappa shape index (κ3) is 4.29. The number of nitrogens with zero attached hydrogens (tertiary/aromatic N) is 5. The lowest BCUT2D eigenvalue weighted by molar-refractivity contribution is -0.130. The average molecular weight is 386 g/mol. The number of aromatic amines is 1. The number of nitrogens with one attached hydrogen (secondary N) is 1. The Morgan fingerprint density at radius 1 is 1.25 bits per heavy atom. The second-order valence-corrected chi connectivity index (χ2v) is 7.44. The van der Waals surface area contributed by atoms with E-state index in [0.717, 1.165) is 12.1 Å². The molecule has 0 aromatic carbocycles. The Bertz CT molecular complexity index is 994. The molecule has 1 saturated heterocycles. The van der Waals surface area contributed by atoms with E-state index in [9.17, 15) is 14.4 Å². The van der Waals surface area contributed by atoms with Crippen LogP contribution in [-0.4, -0.2) is 57.5 Å². The molecule has 150 valence electrons. The van der Waals surface area contributed by atoms with Gasteiger partial charge in [0, 0.05) is 63.5 Å². The van der Waals surface area contributed by atoms with Crippen molar-refractivity contribution in [3.8, 4) is 0 Å². The fourth-order valence-corrected chi connectivity index (χ4v) is 3.52. The van der Waals surface area contributed by atoms with Gasteiger partial charge in [0.25, 0.3) is 5.56 Å². The van der Waals surface area contributed by atoms with Gasteiger partial charge in [-0.05, 0) is 26.3 Å². The van der Waals surface area contributed by atoms with Crippen LogP contribution in [0.2, 0.25) is 0 Å². The molecule has 3 heterocycles. The number of amides is 1. The standard InChI is InChI=1S/C19H26N6O3/c1-12-9-13(2)25(19(28)20-12)8-6-17(27)24-7-5-14(11-24)15-10-16(26)22-18(21-15)23(3)4/h9-10,14H,5-8,11H2,1-4H3,(H,21,22,26)/t14-/m1/s1. The van der Waals surface area contributed by atoms with Crippen LogP contribution in [0.3, 0.4) is 0 Å². The summed E-state index contributed by atoms with van der Waals surface area (Å²) in [5.74, 6) is 0.538. The number of aryl methyl sites for hydroxylation is 2. The highest BCUT2D eigenvalue weighted by Crippen LogP contribution is 2.26. The molecule has 0 unspecified atom stereocenters. The minimum absolute atomic E-state index is 0.00736. The molecule has 0 spiro atoms. The predicted octanol–water partition coefficient (Wildman–Crippen LogP) is 0.416. The molecule has 0 saturated carbocycles. The van der Waals surface area contributed by atoms with Crippen molar-refractivity contribution < 1.29 is 4.79 Å². The summed E-state index contributed by atoms with van der Waals surface area (Å²) in [6.45, 7) is 5.08. The smallest absolute Gasteiger partial charge is 0.347 e. The number of anilines is 1. The summed E-state index contributed by atoms with van der Waals surface area (Å²) >= 11 is 0. The van der Waals surface area contributed by atoms with Crippen molar-refractivity contribution in [2.45, 2.75) is 39.2 Å². The highest BCUT2D eigenvalue weighted by Gasteiger charge is 2.28. The van der Waals surface area contributed by atoms with E-state index in [1.54, 1.807) is 16.7 Å². The maximum Gasteiger partial charge on any atom is 0.347 e. The van der Waals surface area contributed by atoms with Crippen LogP contribution >= 0.6 is 0 Å². The third-order valence-corrected chi connectivity index (χ3v) is 5.03. The topological polar surface area (TPSA) is 104 Å². The minimum Gasteiger partial charge on any atom is -0.348 e. The molecule has 1 N–H and O–H groups in total. The van der Waals surface area contributed by atoms with Crippen molar-refractivity contribution in [3.05, 3.63) is 50.1 Å². The van der Waals surface area contributed by atoms with Gasteiger partial charge in [0.1, 0.15) is 0 Å². The molecule has 2 aromatic rings. The molecule has 9 nitrogen and oxygen atoms in total. The summed E-state index contributed by atoms with van der Waals surface area (Å²) in [6.07, 6.45) is 1.00. The monoisotopic (exact) mass is 386 g/mol. The molecule has 0 bridgehead atoms. The quantitative estimate of drug-likeness (QED) is 0.798. The Morgan fingerprint density at radius 3 is 2.68 bits per heavy atom. The summed E-state index contributed by atoms with van der Waals surface area (Å²) in [5, 5.41) is 0. The number of hydrogen-bond donors (Lipinski definition) is 1. The predicted molar refractivity (Wildman–Crippen MR) is 106 cm³/mol. The Balaban J connectivity index is 1.65. The first kappa shape index (κ1) is 19.8. The number of aromatic nitrogens is 4. The van der Waals surface area contributed by atoms with E-state index >= 15 is 0 Å². The fraction of sp³-hybridized carbons (Fsp3) is 0.526. The molecule has 3 rings (SSSR count). The van der Waals surface area contributed by atoms with E-state index in [4.69, 9.17) is 0 Å². The van der Waals surface area contributed by atoms with Gasteiger partial charge in [-0.25, -0.2) is 9.78 Å². The normalized spacial score (nSPS) is 16.4. The first-order valence-corrected chi connectivity index (χ1v) is 9.36. The van der Waals surface area contributed by atoms with Crippen molar-refractivity contribution in [3.63, 3.8) is 0 Å². The molecule has 28 heavy (non-hydrogen) atoms. The van der Waals surface area contributed by atoms with Crippen LogP contribution in [-0.2, 0) is 11.3 Å². The molecule has 1 atom stereocenters. The first-order chi connectivity index (χ1) is 13.2. The number of carbonyl (C=O) groups excluding carboxylic acids is 1. The lowest BCUT2D eigenvalue weighted by Gasteiger charge is -2.18. The molecule has 1 aliphatic rings.